The van der Waals surface area contributed by atoms with Crippen LogP contribution >= 0.6 is 0 Å². The molecule has 1 aliphatic rings. The highest BCUT2D eigenvalue weighted by Gasteiger charge is 2.38. The topological polar surface area (TPSA) is 117 Å². The van der Waals surface area contributed by atoms with Gasteiger partial charge in [0.25, 0.3) is 5.91 Å². The molecule has 30 heavy (non-hydrogen) atoms. The third-order valence-corrected chi connectivity index (χ3v) is 4.46. The van der Waals surface area contributed by atoms with Crippen LogP contribution in [0.1, 0.15) is 18.9 Å². The number of imide groups is 1. The number of amides is 5. The normalized spacial score (nSPS) is 15.5. The van der Waals surface area contributed by atoms with Crippen molar-refractivity contribution in [1.29, 1.82) is 0 Å². The monoisotopic (exact) mass is 410 g/mol. The van der Waals surface area contributed by atoms with Gasteiger partial charge in [0, 0.05) is 18.3 Å². The quantitative estimate of drug-likeness (QED) is 0.605. The molecule has 1 saturated heterocycles. The molecule has 3 rings (SSSR count). The lowest BCUT2D eigenvalue weighted by Crippen LogP contribution is -2.34. The Balaban J connectivity index is 1.59. The highest BCUT2D eigenvalue weighted by molar-refractivity contribution is 6.07. The Hall–Kier alpha value is -3.88. The van der Waals surface area contributed by atoms with Gasteiger partial charge in [-0.2, -0.15) is 0 Å². The van der Waals surface area contributed by atoms with E-state index in [-0.39, 0.29) is 18.9 Å². The van der Waals surface area contributed by atoms with Crippen molar-refractivity contribution in [2.45, 2.75) is 25.9 Å². The largest absolute Gasteiger partial charge is 0.497 e. The predicted octanol–water partition coefficient (Wildman–Crippen LogP) is 2.10. The number of carbonyl (C=O) groups is 4. The molecule has 5 amide bonds. The molecule has 0 spiro atoms. The summed E-state index contributed by atoms with van der Waals surface area (Å²) in [6, 6.07) is 12.2. The van der Waals surface area contributed by atoms with Crippen LogP contribution in [0.15, 0.2) is 48.5 Å². The van der Waals surface area contributed by atoms with Crippen molar-refractivity contribution in [3.63, 3.8) is 0 Å². The minimum Gasteiger partial charge on any atom is -0.497 e. The van der Waals surface area contributed by atoms with Crippen LogP contribution in [0.3, 0.4) is 0 Å². The van der Waals surface area contributed by atoms with Crippen LogP contribution in [0.25, 0.3) is 0 Å². The van der Waals surface area contributed by atoms with Crippen molar-refractivity contribution >= 4 is 35.1 Å². The van der Waals surface area contributed by atoms with Crippen LogP contribution in [0.5, 0.6) is 5.75 Å². The maximum absolute atomic E-state index is 12.6. The van der Waals surface area contributed by atoms with E-state index in [9.17, 15) is 19.2 Å². The van der Waals surface area contributed by atoms with Gasteiger partial charge in [-0.25, -0.2) is 4.79 Å². The number of hydrogen-bond acceptors (Lipinski definition) is 5. The minimum absolute atomic E-state index is 0.103. The molecular formula is C21H22N4O5. The molecule has 0 aromatic heterocycles. The summed E-state index contributed by atoms with van der Waals surface area (Å²) in [5.74, 6) is -0.444. The van der Waals surface area contributed by atoms with Gasteiger partial charge >= 0.3 is 6.03 Å². The summed E-state index contributed by atoms with van der Waals surface area (Å²) in [6.07, 6.45) is -0.200. The molecular weight excluding hydrogens is 388 g/mol. The second kappa shape index (κ2) is 9.08. The first kappa shape index (κ1) is 20.8. The van der Waals surface area contributed by atoms with Crippen LogP contribution in [-0.2, 0) is 20.9 Å². The van der Waals surface area contributed by atoms with E-state index >= 15 is 0 Å². The van der Waals surface area contributed by atoms with Gasteiger partial charge in [0.05, 0.1) is 20.1 Å². The predicted molar refractivity (Wildman–Crippen MR) is 110 cm³/mol. The van der Waals surface area contributed by atoms with Crippen molar-refractivity contribution in [3.8, 4) is 5.75 Å². The molecule has 2 aromatic carbocycles. The van der Waals surface area contributed by atoms with Crippen LogP contribution in [0.2, 0.25) is 0 Å². The minimum atomic E-state index is -0.936. The van der Waals surface area contributed by atoms with E-state index in [0.29, 0.717) is 17.1 Å². The Bertz CT molecular complexity index is 974. The third-order valence-electron chi connectivity index (χ3n) is 4.46. The first-order valence-corrected chi connectivity index (χ1v) is 9.28. The van der Waals surface area contributed by atoms with Gasteiger partial charge in [0.1, 0.15) is 11.8 Å². The van der Waals surface area contributed by atoms with E-state index in [4.69, 9.17) is 4.74 Å². The molecule has 3 N–H and O–H groups in total. The molecule has 1 aliphatic heterocycles. The number of hydrogen-bond donors (Lipinski definition) is 3. The zero-order chi connectivity index (χ0) is 21.7. The number of nitrogens with zero attached hydrogens (tertiary/aromatic N) is 1. The molecule has 1 atom stereocenters. The van der Waals surface area contributed by atoms with Crippen molar-refractivity contribution < 1.29 is 23.9 Å². The van der Waals surface area contributed by atoms with Gasteiger partial charge in [-0.3, -0.25) is 19.3 Å². The molecule has 0 bridgehead atoms. The Labute approximate surface area is 173 Å². The van der Waals surface area contributed by atoms with Crippen molar-refractivity contribution in [1.82, 2.24) is 10.2 Å². The van der Waals surface area contributed by atoms with Crippen molar-refractivity contribution in [2.24, 2.45) is 0 Å². The molecule has 9 nitrogen and oxygen atoms in total. The average Bonchev–Trinajstić information content (AvgIpc) is 2.95. The highest BCUT2D eigenvalue weighted by Crippen LogP contribution is 2.19. The highest BCUT2D eigenvalue weighted by atomic mass is 16.5. The van der Waals surface area contributed by atoms with Crippen LogP contribution in [-0.4, -0.2) is 41.8 Å². The molecule has 156 valence electrons. The van der Waals surface area contributed by atoms with Gasteiger partial charge in [-0.1, -0.05) is 18.2 Å². The van der Waals surface area contributed by atoms with E-state index in [1.807, 2.05) is 0 Å². The SMILES string of the molecule is COc1ccc(CN2C(=O)NC(CC(=O)Nc3cccc(NC(C)=O)c3)C2=O)cc1. The standard InChI is InChI=1S/C21H22N4O5/c1-13(26)22-15-4-3-5-16(10-15)23-19(27)11-18-20(28)25(21(29)24-18)12-14-6-8-17(30-2)9-7-14/h3-10,18H,11-12H2,1-2H3,(H,22,26)(H,23,27)(H,24,29). The van der Waals surface area contributed by atoms with Crippen molar-refractivity contribution in [3.05, 3.63) is 54.1 Å². The first-order chi connectivity index (χ1) is 14.4. The fourth-order valence-electron chi connectivity index (χ4n) is 3.05. The van der Waals surface area contributed by atoms with Gasteiger partial charge in [0.2, 0.25) is 11.8 Å². The van der Waals surface area contributed by atoms with Gasteiger partial charge in [-0.05, 0) is 35.9 Å². The lowest BCUT2D eigenvalue weighted by molar-refractivity contribution is -0.130. The summed E-state index contributed by atoms with van der Waals surface area (Å²) in [5.41, 5.74) is 1.77. The summed E-state index contributed by atoms with van der Waals surface area (Å²) in [6.45, 7) is 1.49. The lowest BCUT2D eigenvalue weighted by Gasteiger charge is -2.13. The summed E-state index contributed by atoms with van der Waals surface area (Å²) in [4.78, 5) is 49.4. The Morgan fingerprint density at radius 2 is 1.73 bits per heavy atom. The molecule has 1 heterocycles. The smallest absolute Gasteiger partial charge is 0.325 e. The van der Waals surface area contributed by atoms with Gasteiger partial charge in [0.15, 0.2) is 0 Å². The fourth-order valence-corrected chi connectivity index (χ4v) is 3.05. The molecule has 0 aliphatic carbocycles. The maximum Gasteiger partial charge on any atom is 0.325 e. The zero-order valence-electron chi connectivity index (χ0n) is 16.6. The number of carbonyl (C=O) groups excluding carboxylic acids is 4. The number of nitrogens with one attached hydrogen (secondary N) is 3. The van der Waals surface area contributed by atoms with Crippen LogP contribution < -0.4 is 20.7 Å². The molecule has 1 unspecified atom stereocenters. The molecule has 9 heteroatoms. The Morgan fingerprint density at radius 3 is 2.37 bits per heavy atom. The summed E-state index contributed by atoms with van der Waals surface area (Å²) in [7, 11) is 1.55. The van der Waals surface area contributed by atoms with Gasteiger partial charge < -0.3 is 20.7 Å². The Morgan fingerprint density at radius 1 is 1.07 bits per heavy atom. The number of ether oxygens (including phenoxy) is 1. The first-order valence-electron chi connectivity index (χ1n) is 9.28. The van der Waals surface area contributed by atoms with E-state index < -0.39 is 23.9 Å². The lowest BCUT2D eigenvalue weighted by atomic mass is 10.1. The number of anilines is 2. The molecule has 0 saturated carbocycles. The molecule has 1 fully saturated rings. The third kappa shape index (κ3) is 5.13. The number of benzene rings is 2. The van der Waals surface area contributed by atoms with E-state index in [1.54, 1.807) is 55.6 Å². The summed E-state index contributed by atoms with van der Waals surface area (Å²) < 4.78 is 5.09. The Kier molecular flexibility index (Phi) is 6.31. The second-order valence-corrected chi connectivity index (χ2v) is 6.79. The number of urea groups is 1. The zero-order valence-corrected chi connectivity index (χ0v) is 16.6. The molecule has 2 aromatic rings. The number of methoxy groups -OCH3 is 1. The van der Waals surface area contributed by atoms with Crippen LogP contribution in [0.4, 0.5) is 16.2 Å². The van der Waals surface area contributed by atoms with Gasteiger partial charge in [-0.15, -0.1) is 0 Å². The second-order valence-electron chi connectivity index (χ2n) is 6.79. The fraction of sp³-hybridized carbons (Fsp3) is 0.238. The van der Waals surface area contributed by atoms with E-state index in [2.05, 4.69) is 16.0 Å². The number of rotatable bonds is 7. The molecule has 0 radical (unpaired) electrons. The van der Waals surface area contributed by atoms with Crippen molar-refractivity contribution in [2.75, 3.05) is 17.7 Å². The summed E-state index contributed by atoms with van der Waals surface area (Å²) >= 11 is 0. The van der Waals surface area contributed by atoms with Crippen LogP contribution in [0, 0.1) is 0 Å². The summed E-state index contributed by atoms with van der Waals surface area (Å²) in [5, 5.41) is 7.84. The van der Waals surface area contributed by atoms with E-state index in [0.717, 1.165) is 10.5 Å². The maximum atomic E-state index is 12.6. The average molecular weight is 410 g/mol. The van der Waals surface area contributed by atoms with E-state index in [1.165, 1.54) is 6.92 Å².